The normalized spacial score (nSPS) is 34.3. The molecule has 3 nitrogen and oxygen atoms in total. The fourth-order valence-electron chi connectivity index (χ4n) is 3.58. The summed E-state index contributed by atoms with van der Waals surface area (Å²) < 4.78 is 0. The molecular weight excluding hydrogens is 202 g/mol. The van der Waals surface area contributed by atoms with Crippen LogP contribution in [0.2, 0.25) is 0 Å². The summed E-state index contributed by atoms with van der Waals surface area (Å²) in [5, 5.41) is 9.27. The Kier molecular flexibility index (Phi) is 2.52. The highest BCUT2D eigenvalue weighted by Crippen LogP contribution is 2.49. The number of amides is 1. The topological polar surface area (TPSA) is 40.5 Å². The van der Waals surface area contributed by atoms with Gasteiger partial charge in [-0.3, -0.25) is 0 Å². The minimum atomic E-state index is -0.764. The molecule has 90 valence electrons. The Labute approximate surface area is 97.1 Å². The SMILES string of the molecule is C=C1CC2CN(C(=O)O)C(C(C)(C)C)C2C1. The fraction of sp³-hybridized carbons (Fsp3) is 0.769. The molecule has 2 fully saturated rings. The molecule has 1 saturated carbocycles. The number of likely N-dealkylation sites (tertiary alicyclic amines) is 1. The molecular formula is C13H21NO2. The van der Waals surface area contributed by atoms with E-state index in [1.54, 1.807) is 4.90 Å². The molecule has 16 heavy (non-hydrogen) atoms. The molecule has 3 heteroatoms. The van der Waals surface area contributed by atoms with Crippen LogP contribution in [0.25, 0.3) is 0 Å². The van der Waals surface area contributed by atoms with E-state index in [-0.39, 0.29) is 11.5 Å². The zero-order chi connectivity index (χ0) is 12.1. The van der Waals surface area contributed by atoms with Gasteiger partial charge in [-0.2, -0.15) is 0 Å². The monoisotopic (exact) mass is 223 g/mol. The number of hydrogen-bond acceptors (Lipinski definition) is 1. The van der Waals surface area contributed by atoms with E-state index in [4.69, 9.17) is 0 Å². The molecule has 0 aromatic rings. The Morgan fingerprint density at radius 3 is 2.56 bits per heavy atom. The van der Waals surface area contributed by atoms with Crippen LogP contribution in [0.4, 0.5) is 4.79 Å². The zero-order valence-corrected chi connectivity index (χ0v) is 10.4. The maximum absolute atomic E-state index is 11.3. The lowest BCUT2D eigenvalue weighted by Crippen LogP contribution is -2.45. The third-order valence-corrected chi connectivity index (χ3v) is 3.99. The second-order valence-electron chi connectivity index (χ2n) is 6.33. The number of rotatable bonds is 0. The average molecular weight is 223 g/mol. The Bertz CT molecular complexity index is 329. The predicted molar refractivity (Wildman–Crippen MR) is 63.3 cm³/mol. The van der Waals surface area contributed by atoms with Gasteiger partial charge in [0, 0.05) is 12.6 Å². The van der Waals surface area contributed by atoms with Crippen molar-refractivity contribution in [1.82, 2.24) is 4.90 Å². The Hall–Kier alpha value is -0.990. The van der Waals surface area contributed by atoms with Crippen LogP contribution in [-0.2, 0) is 0 Å². The van der Waals surface area contributed by atoms with Gasteiger partial charge in [0.05, 0.1) is 0 Å². The first kappa shape index (κ1) is 11.5. The summed E-state index contributed by atoms with van der Waals surface area (Å²) in [5.74, 6) is 0.997. The van der Waals surface area contributed by atoms with Gasteiger partial charge >= 0.3 is 6.09 Å². The van der Waals surface area contributed by atoms with Crippen LogP contribution in [0.1, 0.15) is 33.6 Å². The highest BCUT2D eigenvalue weighted by molar-refractivity contribution is 5.66. The van der Waals surface area contributed by atoms with Gasteiger partial charge in [-0.25, -0.2) is 4.79 Å². The van der Waals surface area contributed by atoms with E-state index in [9.17, 15) is 9.90 Å². The lowest BCUT2D eigenvalue weighted by molar-refractivity contribution is 0.0914. The number of carbonyl (C=O) groups is 1. The van der Waals surface area contributed by atoms with Crippen molar-refractivity contribution >= 4 is 6.09 Å². The smallest absolute Gasteiger partial charge is 0.407 e. The van der Waals surface area contributed by atoms with Crippen LogP contribution in [0, 0.1) is 17.3 Å². The number of carboxylic acid groups (broad SMARTS) is 1. The third kappa shape index (κ3) is 1.72. The van der Waals surface area contributed by atoms with Crippen LogP contribution in [0.5, 0.6) is 0 Å². The molecule has 1 aliphatic carbocycles. The van der Waals surface area contributed by atoms with Crippen molar-refractivity contribution < 1.29 is 9.90 Å². The lowest BCUT2D eigenvalue weighted by Gasteiger charge is -2.36. The largest absolute Gasteiger partial charge is 0.465 e. The quantitative estimate of drug-likeness (QED) is 0.641. The Morgan fingerprint density at radius 1 is 1.44 bits per heavy atom. The van der Waals surface area contributed by atoms with Crippen molar-refractivity contribution in [2.75, 3.05) is 6.54 Å². The van der Waals surface area contributed by atoms with E-state index in [1.807, 2.05) is 0 Å². The van der Waals surface area contributed by atoms with Crippen LogP contribution < -0.4 is 0 Å². The summed E-state index contributed by atoms with van der Waals surface area (Å²) >= 11 is 0. The summed E-state index contributed by atoms with van der Waals surface area (Å²) in [4.78, 5) is 12.9. The maximum atomic E-state index is 11.3. The second kappa shape index (κ2) is 3.51. The van der Waals surface area contributed by atoms with Crippen LogP contribution in [0.15, 0.2) is 12.2 Å². The molecule has 2 rings (SSSR count). The average Bonchev–Trinajstić information content (AvgIpc) is 2.56. The van der Waals surface area contributed by atoms with E-state index < -0.39 is 6.09 Å². The molecule has 1 amide bonds. The van der Waals surface area contributed by atoms with Crippen molar-refractivity contribution in [2.45, 2.75) is 39.7 Å². The Balaban J connectivity index is 2.28. The molecule has 1 N–H and O–H groups in total. The first-order chi connectivity index (χ1) is 7.30. The zero-order valence-electron chi connectivity index (χ0n) is 10.4. The summed E-state index contributed by atoms with van der Waals surface area (Å²) in [6, 6.07) is 0.147. The highest BCUT2D eigenvalue weighted by Gasteiger charge is 2.51. The van der Waals surface area contributed by atoms with Gasteiger partial charge in [0.15, 0.2) is 0 Å². The molecule has 3 atom stereocenters. The van der Waals surface area contributed by atoms with Crippen molar-refractivity contribution in [1.29, 1.82) is 0 Å². The number of fused-ring (bicyclic) bond motifs is 1. The van der Waals surface area contributed by atoms with Crippen LogP contribution in [0.3, 0.4) is 0 Å². The molecule has 0 bridgehead atoms. The molecule has 1 saturated heterocycles. The van der Waals surface area contributed by atoms with Crippen LogP contribution in [-0.4, -0.2) is 28.7 Å². The summed E-state index contributed by atoms with van der Waals surface area (Å²) in [6.07, 6.45) is 1.26. The van der Waals surface area contributed by atoms with Crippen molar-refractivity contribution in [3.8, 4) is 0 Å². The molecule has 1 aliphatic heterocycles. The third-order valence-electron chi connectivity index (χ3n) is 3.99. The van der Waals surface area contributed by atoms with Crippen molar-refractivity contribution in [3.05, 3.63) is 12.2 Å². The molecule has 3 unspecified atom stereocenters. The highest BCUT2D eigenvalue weighted by atomic mass is 16.4. The van der Waals surface area contributed by atoms with E-state index in [0.717, 1.165) is 12.8 Å². The number of hydrogen-bond donors (Lipinski definition) is 1. The van der Waals surface area contributed by atoms with E-state index >= 15 is 0 Å². The van der Waals surface area contributed by atoms with Gasteiger partial charge in [0.2, 0.25) is 0 Å². The molecule has 2 aliphatic rings. The van der Waals surface area contributed by atoms with E-state index in [0.29, 0.717) is 18.4 Å². The van der Waals surface area contributed by atoms with Crippen molar-refractivity contribution in [3.63, 3.8) is 0 Å². The van der Waals surface area contributed by atoms with Gasteiger partial charge in [0.25, 0.3) is 0 Å². The van der Waals surface area contributed by atoms with Crippen molar-refractivity contribution in [2.24, 2.45) is 17.3 Å². The minimum absolute atomic E-state index is 0.0163. The molecule has 0 radical (unpaired) electrons. The van der Waals surface area contributed by atoms with Gasteiger partial charge < -0.3 is 10.0 Å². The number of allylic oxidation sites excluding steroid dienone is 1. The predicted octanol–water partition coefficient (Wildman–Crippen LogP) is 2.98. The fourth-order valence-corrected chi connectivity index (χ4v) is 3.58. The maximum Gasteiger partial charge on any atom is 0.407 e. The van der Waals surface area contributed by atoms with E-state index in [1.165, 1.54) is 5.57 Å². The number of nitrogens with zero attached hydrogens (tertiary/aromatic N) is 1. The standard InChI is InChI=1S/C13H21NO2/c1-8-5-9-7-14(12(15)16)11(10(9)6-8)13(2,3)4/h9-11H,1,5-7H2,2-4H3,(H,15,16). The van der Waals surface area contributed by atoms with Gasteiger partial charge in [-0.05, 0) is 30.1 Å². The molecule has 0 aromatic carbocycles. The van der Waals surface area contributed by atoms with Gasteiger partial charge in [-0.15, -0.1) is 0 Å². The summed E-state index contributed by atoms with van der Waals surface area (Å²) in [7, 11) is 0. The van der Waals surface area contributed by atoms with Gasteiger partial charge in [-0.1, -0.05) is 32.9 Å². The molecule has 0 spiro atoms. The lowest BCUT2D eigenvalue weighted by atomic mass is 9.77. The summed E-state index contributed by atoms with van der Waals surface area (Å²) in [5.41, 5.74) is 1.32. The molecule has 0 aromatic heterocycles. The van der Waals surface area contributed by atoms with Gasteiger partial charge in [0.1, 0.15) is 0 Å². The Morgan fingerprint density at radius 2 is 2.06 bits per heavy atom. The van der Waals surface area contributed by atoms with E-state index in [2.05, 4.69) is 27.4 Å². The second-order valence-corrected chi connectivity index (χ2v) is 6.33. The van der Waals surface area contributed by atoms with Crippen LogP contribution >= 0.6 is 0 Å². The minimum Gasteiger partial charge on any atom is -0.465 e. The first-order valence-corrected chi connectivity index (χ1v) is 5.97. The molecule has 1 heterocycles. The first-order valence-electron chi connectivity index (χ1n) is 5.97. The summed E-state index contributed by atoms with van der Waals surface area (Å²) in [6.45, 7) is 11.2.